The molecule has 0 bridgehead atoms. The molecule has 0 radical (unpaired) electrons. The summed E-state index contributed by atoms with van der Waals surface area (Å²) in [5, 5.41) is -0.614. The van der Waals surface area contributed by atoms with Crippen molar-refractivity contribution in [3.63, 3.8) is 0 Å². The van der Waals surface area contributed by atoms with Crippen LogP contribution in [0, 0.1) is 0 Å². The van der Waals surface area contributed by atoms with Gasteiger partial charge in [-0.2, -0.15) is 0 Å². The standard InChI is InChI=1S/C17H18ClNO2/c1-12(2)21-14-8-6-13(7-9-14)11-15(18)17(20)16-5-3-4-10-19-16/h3-10,12,15H,11H2,1-2H3. The Balaban J connectivity index is 1.99. The highest BCUT2D eigenvalue weighted by molar-refractivity contribution is 6.33. The molecular formula is C17H18ClNO2. The molecule has 0 amide bonds. The maximum Gasteiger partial charge on any atom is 0.199 e. The third-order valence-corrected chi connectivity index (χ3v) is 3.26. The Morgan fingerprint density at radius 1 is 1.19 bits per heavy atom. The maximum absolute atomic E-state index is 12.1. The summed E-state index contributed by atoms with van der Waals surface area (Å²) in [6.45, 7) is 3.96. The molecule has 0 aliphatic carbocycles. The van der Waals surface area contributed by atoms with E-state index in [1.54, 1.807) is 24.4 Å². The van der Waals surface area contributed by atoms with Gasteiger partial charge in [0.05, 0.1) is 6.10 Å². The zero-order valence-corrected chi connectivity index (χ0v) is 12.9. The van der Waals surface area contributed by atoms with Gasteiger partial charge in [0, 0.05) is 6.20 Å². The van der Waals surface area contributed by atoms with Gasteiger partial charge in [0.2, 0.25) is 0 Å². The van der Waals surface area contributed by atoms with Gasteiger partial charge in [0.25, 0.3) is 0 Å². The van der Waals surface area contributed by atoms with Crippen molar-refractivity contribution in [2.75, 3.05) is 0 Å². The van der Waals surface area contributed by atoms with Crippen molar-refractivity contribution in [3.05, 3.63) is 59.9 Å². The van der Waals surface area contributed by atoms with Crippen LogP contribution in [0.4, 0.5) is 0 Å². The van der Waals surface area contributed by atoms with E-state index in [0.717, 1.165) is 11.3 Å². The number of halogens is 1. The Hall–Kier alpha value is -1.87. The van der Waals surface area contributed by atoms with Crippen molar-refractivity contribution in [2.24, 2.45) is 0 Å². The molecule has 1 aromatic carbocycles. The van der Waals surface area contributed by atoms with Gasteiger partial charge in [0.1, 0.15) is 16.8 Å². The molecular weight excluding hydrogens is 286 g/mol. The molecule has 21 heavy (non-hydrogen) atoms. The molecule has 2 rings (SSSR count). The van der Waals surface area contributed by atoms with Crippen molar-refractivity contribution >= 4 is 17.4 Å². The van der Waals surface area contributed by atoms with Crippen molar-refractivity contribution in [2.45, 2.75) is 31.7 Å². The van der Waals surface area contributed by atoms with Gasteiger partial charge in [-0.3, -0.25) is 9.78 Å². The van der Waals surface area contributed by atoms with Crippen molar-refractivity contribution < 1.29 is 9.53 Å². The van der Waals surface area contributed by atoms with Gasteiger partial charge < -0.3 is 4.74 Å². The highest BCUT2D eigenvalue weighted by atomic mass is 35.5. The predicted octanol–water partition coefficient (Wildman–Crippen LogP) is 3.90. The van der Waals surface area contributed by atoms with E-state index in [9.17, 15) is 4.79 Å². The Morgan fingerprint density at radius 3 is 2.48 bits per heavy atom. The summed E-state index contributed by atoms with van der Waals surface area (Å²) >= 11 is 6.20. The van der Waals surface area contributed by atoms with Gasteiger partial charge in [-0.25, -0.2) is 0 Å². The lowest BCUT2D eigenvalue weighted by Gasteiger charge is -2.11. The number of aromatic nitrogens is 1. The molecule has 4 heteroatoms. The highest BCUT2D eigenvalue weighted by Crippen LogP contribution is 2.17. The predicted molar refractivity (Wildman–Crippen MR) is 84.1 cm³/mol. The number of hydrogen-bond acceptors (Lipinski definition) is 3. The molecule has 1 heterocycles. The molecule has 0 aliphatic heterocycles. The van der Waals surface area contributed by atoms with Crippen LogP contribution in [0.5, 0.6) is 5.75 Å². The summed E-state index contributed by atoms with van der Waals surface area (Å²) in [6, 6.07) is 12.9. The van der Waals surface area contributed by atoms with E-state index in [2.05, 4.69) is 4.98 Å². The third-order valence-electron chi connectivity index (χ3n) is 2.91. The van der Waals surface area contributed by atoms with Crippen LogP contribution < -0.4 is 4.74 Å². The minimum absolute atomic E-state index is 0.141. The Morgan fingerprint density at radius 2 is 1.90 bits per heavy atom. The maximum atomic E-state index is 12.1. The van der Waals surface area contributed by atoms with E-state index >= 15 is 0 Å². The first-order valence-electron chi connectivity index (χ1n) is 6.91. The van der Waals surface area contributed by atoms with Crippen molar-refractivity contribution in [1.29, 1.82) is 0 Å². The number of rotatable bonds is 6. The van der Waals surface area contributed by atoms with Crippen LogP contribution in [-0.2, 0) is 6.42 Å². The lowest BCUT2D eigenvalue weighted by molar-refractivity contribution is 0.0982. The minimum Gasteiger partial charge on any atom is -0.491 e. The summed E-state index contributed by atoms with van der Waals surface area (Å²) in [6.07, 6.45) is 2.20. The van der Waals surface area contributed by atoms with E-state index in [1.807, 2.05) is 38.1 Å². The Kier molecular flexibility index (Phi) is 5.34. The smallest absolute Gasteiger partial charge is 0.199 e. The van der Waals surface area contributed by atoms with Crippen LogP contribution in [0.3, 0.4) is 0 Å². The molecule has 0 saturated heterocycles. The van der Waals surface area contributed by atoms with Gasteiger partial charge in [-0.1, -0.05) is 18.2 Å². The van der Waals surface area contributed by atoms with Crippen molar-refractivity contribution in [1.82, 2.24) is 4.98 Å². The normalized spacial score (nSPS) is 12.2. The average molecular weight is 304 g/mol. The molecule has 1 unspecified atom stereocenters. The SMILES string of the molecule is CC(C)Oc1ccc(CC(Cl)C(=O)c2ccccn2)cc1. The molecule has 110 valence electrons. The first-order chi connectivity index (χ1) is 10.1. The summed E-state index contributed by atoms with van der Waals surface area (Å²) in [7, 11) is 0. The zero-order valence-electron chi connectivity index (χ0n) is 12.1. The number of ether oxygens (including phenoxy) is 1. The van der Waals surface area contributed by atoms with E-state index in [4.69, 9.17) is 16.3 Å². The monoisotopic (exact) mass is 303 g/mol. The molecule has 1 aromatic heterocycles. The van der Waals surface area contributed by atoms with Gasteiger partial charge in [-0.05, 0) is 50.1 Å². The largest absolute Gasteiger partial charge is 0.491 e. The number of Topliss-reactive ketones (excluding diaryl/α,β-unsaturated/α-hetero) is 1. The van der Waals surface area contributed by atoms with Crippen LogP contribution in [0.25, 0.3) is 0 Å². The molecule has 0 N–H and O–H groups in total. The first kappa shape index (κ1) is 15.5. The number of carbonyl (C=O) groups excluding carboxylic acids is 1. The van der Waals surface area contributed by atoms with E-state index < -0.39 is 5.38 Å². The van der Waals surface area contributed by atoms with Crippen LogP contribution in [0.1, 0.15) is 29.9 Å². The molecule has 3 nitrogen and oxygen atoms in total. The lowest BCUT2D eigenvalue weighted by Crippen LogP contribution is -2.18. The van der Waals surface area contributed by atoms with Crippen LogP contribution in [0.2, 0.25) is 0 Å². The lowest BCUT2D eigenvalue weighted by atomic mass is 10.1. The summed E-state index contributed by atoms with van der Waals surface area (Å²) in [4.78, 5) is 16.2. The fourth-order valence-electron chi connectivity index (χ4n) is 1.94. The van der Waals surface area contributed by atoms with E-state index in [0.29, 0.717) is 12.1 Å². The quantitative estimate of drug-likeness (QED) is 0.600. The topological polar surface area (TPSA) is 39.2 Å². The summed E-state index contributed by atoms with van der Waals surface area (Å²) in [5.41, 5.74) is 1.40. The number of alkyl halides is 1. The summed E-state index contributed by atoms with van der Waals surface area (Å²) < 4.78 is 5.58. The minimum atomic E-state index is -0.614. The van der Waals surface area contributed by atoms with Gasteiger partial charge in [0.15, 0.2) is 5.78 Å². The second-order valence-corrected chi connectivity index (χ2v) is 5.59. The second-order valence-electron chi connectivity index (χ2n) is 5.06. The van der Waals surface area contributed by atoms with Crippen LogP contribution in [0.15, 0.2) is 48.7 Å². The highest BCUT2D eigenvalue weighted by Gasteiger charge is 2.18. The van der Waals surface area contributed by atoms with Crippen LogP contribution >= 0.6 is 11.6 Å². The number of benzene rings is 1. The summed E-state index contributed by atoms with van der Waals surface area (Å²) in [5.74, 6) is 0.663. The molecule has 0 aliphatic rings. The molecule has 0 fully saturated rings. The van der Waals surface area contributed by atoms with E-state index in [-0.39, 0.29) is 11.9 Å². The van der Waals surface area contributed by atoms with Crippen molar-refractivity contribution in [3.8, 4) is 5.75 Å². The fraction of sp³-hybridized carbons (Fsp3) is 0.294. The third kappa shape index (κ3) is 4.57. The number of hydrogen-bond donors (Lipinski definition) is 0. The Labute approximate surface area is 129 Å². The van der Waals surface area contributed by atoms with Gasteiger partial charge in [-0.15, -0.1) is 11.6 Å². The molecule has 0 spiro atoms. The second kappa shape index (κ2) is 7.23. The number of carbonyl (C=O) groups is 1. The molecule has 1 atom stereocenters. The Bertz CT molecular complexity index is 581. The molecule has 2 aromatic rings. The fourth-order valence-corrected chi connectivity index (χ4v) is 2.23. The van der Waals surface area contributed by atoms with E-state index in [1.165, 1.54) is 0 Å². The van der Waals surface area contributed by atoms with Crippen LogP contribution in [-0.4, -0.2) is 22.2 Å². The van der Waals surface area contributed by atoms with Gasteiger partial charge >= 0.3 is 0 Å². The number of ketones is 1. The first-order valence-corrected chi connectivity index (χ1v) is 7.35. The zero-order chi connectivity index (χ0) is 15.2. The average Bonchev–Trinajstić information content (AvgIpc) is 2.49. The molecule has 0 saturated carbocycles. The number of pyridine rings is 1. The number of nitrogens with zero attached hydrogens (tertiary/aromatic N) is 1.